The van der Waals surface area contributed by atoms with E-state index in [2.05, 4.69) is 17.2 Å². The molecule has 0 atom stereocenters. The van der Waals surface area contributed by atoms with Gasteiger partial charge in [-0.1, -0.05) is 30.0 Å². The van der Waals surface area contributed by atoms with E-state index < -0.39 is 0 Å². The summed E-state index contributed by atoms with van der Waals surface area (Å²) in [4.78, 5) is 0. The van der Waals surface area contributed by atoms with Gasteiger partial charge in [0.1, 0.15) is 0 Å². The van der Waals surface area contributed by atoms with E-state index in [1.807, 2.05) is 54.6 Å². The third-order valence-corrected chi connectivity index (χ3v) is 2.45. The van der Waals surface area contributed by atoms with Gasteiger partial charge in [-0.25, -0.2) is 0 Å². The Hall–Kier alpha value is -2.24. The molecule has 0 saturated carbocycles. The minimum absolute atomic E-state index is 0.612. The van der Waals surface area contributed by atoms with Gasteiger partial charge >= 0.3 is 0 Å². The number of nitrogens with one attached hydrogen (secondary N) is 1. The van der Waals surface area contributed by atoms with Crippen molar-refractivity contribution in [3.05, 3.63) is 60.2 Å². The summed E-state index contributed by atoms with van der Waals surface area (Å²) in [6.07, 6.45) is 0.740. The number of para-hydroxylation sites is 1. The van der Waals surface area contributed by atoms with Crippen molar-refractivity contribution in [2.75, 3.05) is 11.9 Å². The minimum atomic E-state index is 0.612. The Bertz CT molecular complexity index is 533. The van der Waals surface area contributed by atoms with Gasteiger partial charge in [-0.15, -0.1) is 0 Å². The average Bonchev–Trinajstić information content (AvgIpc) is 2.42. The topological polar surface area (TPSA) is 38.0 Å². The highest BCUT2D eigenvalue weighted by atomic mass is 14.9. The third kappa shape index (κ3) is 3.65. The van der Waals surface area contributed by atoms with Gasteiger partial charge in [-0.2, -0.15) is 0 Å². The summed E-state index contributed by atoms with van der Waals surface area (Å²) in [5, 5.41) is 3.33. The highest BCUT2D eigenvalue weighted by Gasteiger charge is 1.93. The molecular formula is C16H16N2. The predicted molar refractivity (Wildman–Crippen MR) is 76.7 cm³/mol. The third-order valence-electron chi connectivity index (χ3n) is 2.45. The van der Waals surface area contributed by atoms with E-state index in [0.717, 1.165) is 23.4 Å². The van der Waals surface area contributed by atoms with Crippen LogP contribution >= 0.6 is 0 Å². The number of hydrogen-bond acceptors (Lipinski definition) is 2. The molecule has 90 valence electrons. The van der Waals surface area contributed by atoms with E-state index in [-0.39, 0.29) is 0 Å². The lowest BCUT2D eigenvalue weighted by molar-refractivity contribution is 1.03. The monoisotopic (exact) mass is 236 g/mol. The first-order valence-electron chi connectivity index (χ1n) is 5.99. The second kappa shape index (κ2) is 6.48. The largest absolute Gasteiger partial charge is 0.356 e. The summed E-state index contributed by atoms with van der Waals surface area (Å²) in [5.41, 5.74) is 8.55. The summed E-state index contributed by atoms with van der Waals surface area (Å²) in [7, 11) is 0. The molecule has 2 aromatic rings. The molecule has 0 unspecified atom stereocenters. The summed E-state index contributed by atoms with van der Waals surface area (Å²) >= 11 is 0. The zero-order valence-electron chi connectivity index (χ0n) is 10.2. The maximum Gasteiger partial charge on any atom is 0.0385 e. The molecule has 0 aliphatic heterocycles. The maximum atomic E-state index is 5.39. The van der Waals surface area contributed by atoms with Crippen molar-refractivity contribution in [3.8, 4) is 11.8 Å². The van der Waals surface area contributed by atoms with Gasteiger partial charge < -0.3 is 11.1 Å². The van der Waals surface area contributed by atoms with E-state index in [0.29, 0.717) is 6.54 Å². The summed E-state index contributed by atoms with van der Waals surface area (Å²) in [6, 6.07) is 18.2. The van der Waals surface area contributed by atoms with Crippen LogP contribution in [0.5, 0.6) is 0 Å². The van der Waals surface area contributed by atoms with E-state index in [1.165, 1.54) is 0 Å². The molecule has 0 saturated heterocycles. The van der Waals surface area contributed by atoms with Crippen LogP contribution in [0.1, 0.15) is 12.0 Å². The maximum absolute atomic E-state index is 5.39. The lowest BCUT2D eigenvalue weighted by Crippen LogP contribution is -1.95. The van der Waals surface area contributed by atoms with Crippen LogP contribution in [0.25, 0.3) is 0 Å². The molecule has 0 aliphatic carbocycles. The fourth-order valence-corrected chi connectivity index (χ4v) is 1.56. The van der Waals surface area contributed by atoms with Crippen LogP contribution < -0.4 is 11.1 Å². The lowest BCUT2D eigenvalue weighted by atomic mass is 10.2. The Morgan fingerprint density at radius 2 is 1.56 bits per heavy atom. The SMILES string of the molecule is NCCC#Cc1ccc(Nc2ccccc2)cc1. The Morgan fingerprint density at radius 3 is 2.22 bits per heavy atom. The lowest BCUT2D eigenvalue weighted by Gasteiger charge is -2.05. The van der Waals surface area contributed by atoms with Crippen molar-refractivity contribution >= 4 is 11.4 Å². The van der Waals surface area contributed by atoms with Crippen LogP contribution in [-0.2, 0) is 0 Å². The summed E-state index contributed by atoms with van der Waals surface area (Å²) in [5.74, 6) is 6.10. The van der Waals surface area contributed by atoms with Crippen LogP contribution in [-0.4, -0.2) is 6.54 Å². The molecule has 2 aromatic carbocycles. The van der Waals surface area contributed by atoms with Crippen LogP contribution in [0.2, 0.25) is 0 Å². The molecule has 0 fully saturated rings. The highest BCUT2D eigenvalue weighted by Crippen LogP contribution is 2.16. The quantitative estimate of drug-likeness (QED) is 0.803. The standard InChI is InChI=1S/C16H16N2/c17-13-5-4-6-14-9-11-16(12-10-14)18-15-7-2-1-3-8-15/h1-3,7-12,18H,5,13,17H2. The minimum Gasteiger partial charge on any atom is -0.356 e. The van der Waals surface area contributed by atoms with Crippen LogP contribution in [0, 0.1) is 11.8 Å². The van der Waals surface area contributed by atoms with Crippen molar-refractivity contribution in [3.63, 3.8) is 0 Å². The van der Waals surface area contributed by atoms with E-state index >= 15 is 0 Å². The average molecular weight is 236 g/mol. The van der Waals surface area contributed by atoms with Crippen molar-refractivity contribution in [2.24, 2.45) is 5.73 Å². The molecule has 2 nitrogen and oxygen atoms in total. The molecule has 3 N–H and O–H groups in total. The van der Waals surface area contributed by atoms with Gasteiger partial charge in [0.25, 0.3) is 0 Å². The Balaban J connectivity index is 2.02. The molecule has 18 heavy (non-hydrogen) atoms. The molecule has 2 rings (SSSR count). The van der Waals surface area contributed by atoms with Gasteiger partial charge in [0.05, 0.1) is 0 Å². The van der Waals surface area contributed by atoms with Crippen molar-refractivity contribution in [2.45, 2.75) is 6.42 Å². The number of benzene rings is 2. The first-order valence-corrected chi connectivity index (χ1v) is 5.99. The summed E-state index contributed by atoms with van der Waals surface area (Å²) in [6.45, 7) is 0.612. The highest BCUT2D eigenvalue weighted by molar-refractivity contribution is 5.60. The van der Waals surface area contributed by atoms with Crippen LogP contribution in [0.15, 0.2) is 54.6 Å². The van der Waals surface area contributed by atoms with Gasteiger partial charge in [-0.05, 0) is 36.4 Å². The normalized spacial score (nSPS) is 9.39. The number of anilines is 2. The van der Waals surface area contributed by atoms with Crippen molar-refractivity contribution in [1.29, 1.82) is 0 Å². The fraction of sp³-hybridized carbons (Fsp3) is 0.125. The molecule has 0 heterocycles. The van der Waals surface area contributed by atoms with Crippen molar-refractivity contribution < 1.29 is 0 Å². The van der Waals surface area contributed by atoms with Crippen molar-refractivity contribution in [1.82, 2.24) is 0 Å². The summed E-state index contributed by atoms with van der Waals surface area (Å²) < 4.78 is 0. The fourth-order valence-electron chi connectivity index (χ4n) is 1.56. The molecule has 0 bridgehead atoms. The zero-order chi connectivity index (χ0) is 12.6. The first-order chi connectivity index (χ1) is 8.88. The second-order valence-electron chi connectivity index (χ2n) is 3.91. The second-order valence-corrected chi connectivity index (χ2v) is 3.91. The first kappa shape index (κ1) is 12.2. The number of hydrogen-bond donors (Lipinski definition) is 2. The van der Waals surface area contributed by atoms with Gasteiger partial charge in [0, 0.05) is 29.9 Å². The van der Waals surface area contributed by atoms with Gasteiger partial charge in [0.15, 0.2) is 0 Å². The van der Waals surface area contributed by atoms with E-state index in [9.17, 15) is 0 Å². The van der Waals surface area contributed by atoms with Gasteiger partial charge in [0.2, 0.25) is 0 Å². The number of rotatable bonds is 3. The molecule has 0 aliphatic rings. The van der Waals surface area contributed by atoms with Gasteiger partial charge in [-0.3, -0.25) is 0 Å². The van der Waals surface area contributed by atoms with E-state index in [1.54, 1.807) is 0 Å². The molecule has 0 spiro atoms. The van der Waals surface area contributed by atoms with Crippen LogP contribution in [0.4, 0.5) is 11.4 Å². The predicted octanol–water partition coefficient (Wildman–Crippen LogP) is 3.13. The van der Waals surface area contributed by atoms with Crippen LogP contribution in [0.3, 0.4) is 0 Å². The molecule has 2 heteroatoms. The Kier molecular flexibility index (Phi) is 4.40. The molecular weight excluding hydrogens is 220 g/mol. The Labute approximate surface area is 108 Å². The molecule has 0 aromatic heterocycles. The molecule has 0 amide bonds. The zero-order valence-corrected chi connectivity index (χ0v) is 10.2. The smallest absolute Gasteiger partial charge is 0.0385 e. The Morgan fingerprint density at radius 1 is 0.889 bits per heavy atom. The number of nitrogens with two attached hydrogens (primary N) is 1. The molecule has 0 radical (unpaired) electrons. The van der Waals surface area contributed by atoms with E-state index in [4.69, 9.17) is 5.73 Å².